The molecule has 0 spiro atoms. The summed E-state index contributed by atoms with van der Waals surface area (Å²) in [6.07, 6.45) is 0.0919. The highest BCUT2D eigenvalue weighted by Crippen LogP contribution is 2.26. The van der Waals surface area contributed by atoms with E-state index in [9.17, 15) is 14.4 Å². The fourth-order valence-electron chi connectivity index (χ4n) is 2.08. The van der Waals surface area contributed by atoms with Crippen LogP contribution in [0.2, 0.25) is 0 Å². The number of carbonyl (C=O) groups is 3. The van der Waals surface area contributed by atoms with E-state index in [0.717, 1.165) is 0 Å². The van der Waals surface area contributed by atoms with Gasteiger partial charge in [0.15, 0.2) is 0 Å². The maximum Gasteiger partial charge on any atom is 0.339 e. The number of anilines is 1. The molecular weight excluding hydrogens is 336 g/mol. The Morgan fingerprint density at radius 2 is 2.09 bits per heavy atom. The Balaban J connectivity index is 1.97. The zero-order chi connectivity index (χ0) is 17.0. The molecule has 1 aliphatic rings. The first-order valence-electron chi connectivity index (χ1n) is 6.93. The molecular formula is C15H16N2O4S2. The first-order chi connectivity index (χ1) is 10.9. The van der Waals surface area contributed by atoms with Crippen molar-refractivity contribution in [3.05, 3.63) is 29.8 Å². The highest BCUT2D eigenvalue weighted by atomic mass is 32.2. The molecule has 23 heavy (non-hydrogen) atoms. The average molecular weight is 352 g/mol. The lowest BCUT2D eigenvalue weighted by atomic mass is 10.1. The zero-order valence-corrected chi connectivity index (χ0v) is 14.3. The largest absolute Gasteiger partial charge is 0.465 e. The second kappa shape index (κ2) is 7.56. The standard InChI is InChI=1S/C15H16N2O4S2/c1-9-13(19)17(15(22)23-9)8-7-12(18)16-11-6-4-3-5-10(11)14(20)21-2/h3-6,9H,7-8H2,1-2H3,(H,16,18). The van der Waals surface area contributed by atoms with Gasteiger partial charge in [-0.25, -0.2) is 4.79 Å². The van der Waals surface area contributed by atoms with E-state index in [0.29, 0.717) is 10.0 Å². The van der Waals surface area contributed by atoms with Crippen LogP contribution < -0.4 is 5.32 Å². The van der Waals surface area contributed by atoms with Crippen LogP contribution in [0.4, 0.5) is 5.69 Å². The number of hydrogen-bond acceptors (Lipinski definition) is 6. The van der Waals surface area contributed by atoms with Crippen LogP contribution in [0.5, 0.6) is 0 Å². The number of thiocarbonyl (C=S) groups is 1. The van der Waals surface area contributed by atoms with Crippen LogP contribution in [-0.2, 0) is 14.3 Å². The molecule has 2 rings (SSSR count). The van der Waals surface area contributed by atoms with E-state index in [-0.39, 0.29) is 35.6 Å². The lowest BCUT2D eigenvalue weighted by molar-refractivity contribution is -0.126. The van der Waals surface area contributed by atoms with Crippen LogP contribution in [0.3, 0.4) is 0 Å². The smallest absolute Gasteiger partial charge is 0.339 e. The molecule has 122 valence electrons. The van der Waals surface area contributed by atoms with Crippen molar-refractivity contribution in [2.24, 2.45) is 0 Å². The molecule has 0 saturated carbocycles. The predicted molar refractivity (Wildman–Crippen MR) is 92.4 cm³/mol. The lowest BCUT2D eigenvalue weighted by Crippen LogP contribution is -2.33. The topological polar surface area (TPSA) is 75.7 Å². The van der Waals surface area contributed by atoms with E-state index in [1.807, 2.05) is 0 Å². The second-order valence-corrected chi connectivity index (χ2v) is 6.83. The third kappa shape index (κ3) is 4.08. The first-order valence-corrected chi connectivity index (χ1v) is 8.22. The summed E-state index contributed by atoms with van der Waals surface area (Å²) in [4.78, 5) is 37.1. The summed E-state index contributed by atoms with van der Waals surface area (Å²) in [5.74, 6) is -0.911. The summed E-state index contributed by atoms with van der Waals surface area (Å²) in [6, 6.07) is 6.58. The molecule has 0 aromatic heterocycles. The van der Waals surface area contributed by atoms with Crippen LogP contribution >= 0.6 is 24.0 Å². The van der Waals surface area contributed by atoms with E-state index in [2.05, 4.69) is 10.1 Å². The molecule has 1 aromatic carbocycles. The van der Waals surface area contributed by atoms with Gasteiger partial charge >= 0.3 is 5.97 Å². The summed E-state index contributed by atoms with van der Waals surface area (Å²) >= 11 is 6.44. The molecule has 1 saturated heterocycles. The van der Waals surface area contributed by atoms with Gasteiger partial charge in [0.05, 0.1) is 23.6 Å². The second-order valence-electron chi connectivity index (χ2n) is 4.85. The monoisotopic (exact) mass is 352 g/mol. The van der Waals surface area contributed by atoms with Crippen molar-refractivity contribution < 1.29 is 19.1 Å². The van der Waals surface area contributed by atoms with Gasteiger partial charge in [-0.15, -0.1) is 0 Å². The average Bonchev–Trinajstić information content (AvgIpc) is 2.78. The molecule has 8 heteroatoms. The molecule has 6 nitrogen and oxygen atoms in total. The highest BCUT2D eigenvalue weighted by Gasteiger charge is 2.33. The number of nitrogens with one attached hydrogen (secondary N) is 1. The lowest BCUT2D eigenvalue weighted by Gasteiger charge is -2.15. The van der Waals surface area contributed by atoms with E-state index in [4.69, 9.17) is 12.2 Å². The Hall–Kier alpha value is -1.93. The minimum Gasteiger partial charge on any atom is -0.465 e. The summed E-state index contributed by atoms with van der Waals surface area (Å²) in [5.41, 5.74) is 0.655. The maximum absolute atomic E-state index is 12.1. The van der Waals surface area contributed by atoms with Gasteiger partial charge < -0.3 is 10.1 Å². The third-order valence-corrected chi connectivity index (χ3v) is 4.77. The number of hydrogen-bond donors (Lipinski definition) is 1. The predicted octanol–water partition coefficient (Wildman–Crippen LogP) is 2.05. The number of nitrogens with zero attached hydrogens (tertiary/aromatic N) is 1. The minimum atomic E-state index is -0.526. The zero-order valence-electron chi connectivity index (χ0n) is 12.7. The van der Waals surface area contributed by atoms with Crippen molar-refractivity contribution in [1.82, 2.24) is 4.90 Å². The molecule has 2 amide bonds. The molecule has 1 heterocycles. The first kappa shape index (κ1) is 17.4. The summed E-state index contributed by atoms with van der Waals surface area (Å²) in [6.45, 7) is 2.01. The Morgan fingerprint density at radius 1 is 1.39 bits per heavy atom. The fourth-order valence-corrected chi connectivity index (χ4v) is 3.54. The van der Waals surface area contributed by atoms with Crippen molar-refractivity contribution in [3.8, 4) is 0 Å². The number of thioether (sulfide) groups is 1. The van der Waals surface area contributed by atoms with Crippen LogP contribution in [0.1, 0.15) is 23.7 Å². The van der Waals surface area contributed by atoms with Crippen LogP contribution in [-0.4, -0.2) is 45.9 Å². The molecule has 1 aromatic rings. The Morgan fingerprint density at radius 3 is 2.70 bits per heavy atom. The number of esters is 1. The SMILES string of the molecule is COC(=O)c1ccccc1NC(=O)CCN1C(=O)C(C)SC1=S. The van der Waals surface area contributed by atoms with E-state index in [1.54, 1.807) is 31.2 Å². The summed E-state index contributed by atoms with van der Waals surface area (Å²) in [7, 11) is 1.28. The van der Waals surface area contributed by atoms with Crippen molar-refractivity contribution in [2.45, 2.75) is 18.6 Å². The molecule has 1 unspecified atom stereocenters. The van der Waals surface area contributed by atoms with Gasteiger partial charge in [-0.3, -0.25) is 14.5 Å². The molecule has 1 N–H and O–H groups in total. The number of rotatable bonds is 5. The van der Waals surface area contributed by atoms with Crippen LogP contribution in [0.25, 0.3) is 0 Å². The molecule has 1 fully saturated rings. The van der Waals surface area contributed by atoms with Gasteiger partial charge in [-0.1, -0.05) is 36.1 Å². The number of para-hydroxylation sites is 1. The van der Waals surface area contributed by atoms with Crippen LogP contribution in [0, 0.1) is 0 Å². The number of ether oxygens (including phenoxy) is 1. The third-order valence-electron chi connectivity index (χ3n) is 3.28. The van der Waals surface area contributed by atoms with E-state index in [1.165, 1.54) is 23.8 Å². The number of carbonyl (C=O) groups excluding carboxylic acids is 3. The quantitative estimate of drug-likeness (QED) is 0.646. The van der Waals surface area contributed by atoms with Gasteiger partial charge in [0.2, 0.25) is 11.8 Å². The van der Waals surface area contributed by atoms with Gasteiger partial charge in [0, 0.05) is 13.0 Å². The Kier molecular flexibility index (Phi) is 5.73. The van der Waals surface area contributed by atoms with E-state index >= 15 is 0 Å². The molecule has 0 aliphatic carbocycles. The van der Waals surface area contributed by atoms with Gasteiger partial charge in [-0.05, 0) is 19.1 Å². The summed E-state index contributed by atoms with van der Waals surface area (Å²) in [5, 5.41) is 2.46. The minimum absolute atomic E-state index is 0.0808. The van der Waals surface area contributed by atoms with Crippen molar-refractivity contribution in [3.63, 3.8) is 0 Å². The molecule has 1 atom stereocenters. The molecule has 1 aliphatic heterocycles. The Bertz CT molecular complexity index is 663. The van der Waals surface area contributed by atoms with Gasteiger partial charge in [0.25, 0.3) is 0 Å². The number of benzene rings is 1. The van der Waals surface area contributed by atoms with Crippen LogP contribution in [0.15, 0.2) is 24.3 Å². The highest BCUT2D eigenvalue weighted by molar-refractivity contribution is 8.24. The van der Waals surface area contributed by atoms with Gasteiger partial charge in [0.1, 0.15) is 4.32 Å². The Labute approximate surface area is 143 Å². The normalized spacial score (nSPS) is 17.3. The fraction of sp³-hybridized carbons (Fsp3) is 0.333. The van der Waals surface area contributed by atoms with Crippen molar-refractivity contribution in [1.29, 1.82) is 0 Å². The van der Waals surface area contributed by atoms with Crippen molar-refractivity contribution in [2.75, 3.05) is 19.0 Å². The molecule has 0 radical (unpaired) electrons. The molecule has 0 bridgehead atoms. The number of methoxy groups -OCH3 is 1. The van der Waals surface area contributed by atoms with Gasteiger partial charge in [-0.2, -0.15) is 0 Å². The number of amides is 2. The summed E-state index contributed by atoms with van der Waals surface area (Å²) < 4.78 is 5.17. The van der Waals surface area contributed by atoms with E-state index < -0.39 is 5.97 Å². The maximum atomic E-state index is 12.1. The van der Waals surface area contributed by atoms with Crippen molar-refractivity contribution >= 4 is 51.8 Å².